The van der Waals surface area contributed by atoms with Crippen molar-refractivity contribution in [2.45, 2.75) is 367 Å². The summed E-state index contributed by atoms with van der Waals surface area (Å²) in [6.45, 7) is 6.62. The van der Waals surface area contributed by atoms with Crippen LogP contribution in [0.25, 0.3) is 0 Å². The van der Waals surface area contributed by atoms with Crippen LogP contribution >= 0.6 is 0 Å². The van der Waals surface area contributed by atoms with Crippen molar-refractivity contribution in [2.75, 3.05) is 13.2 Å². The van der Waals surface area contributed by atoms with E-state index in [1.54, 1.807) is 0 Å². The van der Waals surface area contributed by atoms with E-state index < -0.39 is 6.10 Å². The van der Waals surface area contributed by atoms with E-state index >= 15 is 0 Å². The molecule has 0 aliphatic heterocycles. The Bertz CT molecular complexity index is 1310. The van der Waals surface area contributed by atoms with Gasteiger partial charge in [-0.3, -0.25) is 14.4 Å². The predicted octanol–water partition coefficient (Wildman–Crippen LogP) is 22.9. The molecule has 0 aliphatic rings. The molecule has 0 aliphatic carbocycles. The van der Waals surface area contributed by atoms with Gasteiger partial charge >= 0.3 is 17.9 Å². The van der Waals surface area contributed by atoms with Crippen LogP contribution in [0.1, 0.15) is 361 Å². The zero-order chi connectivity index (χ0) is 55.0. The number of rotatable bonds is 62. The minimum atomic E-state index is -0.786. The first-order valence-corrected chi connectivity index (χ1v) is 33.6. The van der Waals surface area contributed by atoms with Gasteiger partial charge in [-0.15, -0.1) is 0 Å². The normalized spacial score (nSPS) is 12.3. The lowest BCUT2D eigenvalue weighted by atomic mass is 10.0. The highest BCUT2D eigenvalue weighted by atomic mass is 16.6. The molecular formula is C70H128O6. The quantitative estimate of drug-likeness (QED) is 0.0261. The van der Waals surface area contributed by atoms with Gasteiger partial charge in [0.05, 0.1) is 0 Å². The Morgan fingerprint density at radius 1 is 0.263 bits per heavy atom. The van der Waals surface area contributed by atoms with E-state index in [0.717, 1.165) is 103 Å². The molecule has 0 aromatic rings. The molecular weight excluding hydrogens is 937 g/mol. The molecule has 1 unspecified atom stereocenters. The van der Waals surface area contributed by atoms with Gasteiger partial charge in [-0.1, -0.05) is 307 Å². The van der Waals surface area contributed by atoms with Crippen LogP contribution in [0.4, 0.5) is 0 Å². The maximum Gasteiger partial charge on any atom is 0.306 e. The molecule has 6 heteroatoms. The van der Waals surface area contributed by atoms with Gasteiger partial charge in [0.1, 0.15) is 13.2 Å². The minimum absolute atomic E-state index is 0.0801. The Kier molecular flexibility index (Phi) is 62.6. The number of carbonyl (C=O) groups is 3. The van der Waals surface area contributed by atoms with Crippen molar-refractivity contribution in [3.8, 4) is 0 Å². The predicted molar refractivity (Wildman–Crippen MR) is 330 cm³/mol. The fraction of sp³-hybridized carbons (Fsp3) is 0.843. The highest BCUT2D eigenvalue weighted by Gasteiger charge is 2.19. The number of allylic oxidation sites excluding steroid dienone is 8. The van der Waals surface area contributed by atoms with Crippen LogP contribution in [0.5, 0.6) is 0 Å². The Labute approximate surface area is 473 Å². The third kappa shape index (κ3) is 62.2. The van der Waals surface area contributed by atoms with Crippen molar-refractivity contribution in [3.63, 3.8) is 0 Å². The molecule has 0 saturated heterocycles. The monoisotopic (exact) mass is 1060 g/mol. The highest BCUT2D eigenvalue weighted by Crippen LogP contribution is 2.18. The second-order valence-electron chi connectivity index (χ2n) is 22.7. The number of unbranched alkanes of at least 4 members (excludes halogenated alkanes) is 43. The summed E-state index contributed by atoms with van der Waals surface area (Å²) in [5.41, 5.74) is 0. The SMILES string of the molecule is CCCCC/C=C\C/C=C\CCCCCCCC(=O)OCC(COC(=O)CCCCCCCCCCCCCCCCCCCCCCCCCCCCCC)OC(=O)CCCCCCC/C=C\C/C=C\CCCCC. The first-order valence-electron chi connectivity index (χ1n) is 33.6. The molecule has 0 rings (SSSR count). The summed E-state index contributed by atoms with van der Waals surface area (Å²) in [7, 11) is 0. The number of esters is 3. The number of ether oxygens (including phenoxy) is 3. The Balaban J connectivity index is 4.21. The summed E-state index contributed by atoms with van der Waals surface area (Å²) in [6, 6.07) is 0. The lowest BCUT2D eigenvalue weighted by Crippen LogP contribution is -2.30. The van der Waals surface area contributed by atoms with Gasteiger partial charge in [-0.05, 0) is 83.5 Å². The number of hydrogen-bond acceptors (Lipinski definition) is 6. The van der Waals surface area contributed by atoms with E-state index in [1.165, 1.54) is 218 Å². The van der Waals surface area contributed by atoms with Gasteiger partial charge in [0, 0.05) is 19.3 Å². The van der Waals surface area contributed by atoms with Crippen molar-refractivity contribution < 1.29 is 28.6 Å². The molecule has 0 fully saturated rings. The Morgan fingerprint density at radius 2 is 0.474 bits per heavy atom. The molecule has 0 spiro atoms. The second kappa shape index (κ2) is 64.9. The van der Waals surface area contributed by atoms with Gasteiger partial charge in [-0.25, -0.2) is 0 Å². The molecule has 0 aromatic heterocycles. The topological polar surface area (TPSA) is 78.9 Å². The molecule has 0 saturated carbocycles. The van der Waals surface area contributed by atoms with Crippen LogP contribution < -0.4 is 0 Å². The second-order valence-corrected chi connectivity index (χ2v) is 22.7. The third-order valence-corrected chi connectivity index (χ3v) is 15.1. The van der Waals surface area contributed by atoms with Gasteiger partial charge in [-0.2, -0.15) is 0 Å². The van der Waals surface area contributed by atoms with Crippen LogP contribution in [0.3, 0.4) is 0 Å². The van der Waals surface area contributed by atoms with Crippen molar-refractivity contribution >= 4 is 17.9 Å². The molecule has 444 valence electrons. The van der Waals surface area contributed by atoms with Gasteiger partial charge in [0.2, 0.25) is 0 Å². The molecule has 0 aromatic carbocycles. The van der Waals surface area contributed by atoms with Crippen molar-refractivity contribution in [1.29, 1.82) is 0 Å². The molecule has 76 heavy (non-hydrogen) atoms. The average molecular weight is 1070 g/mol. The minimum Gasteiger partial charge on any atom is -0.462 e. The van der Waals surface area contributed by atoms with E-state index in [4.69, 9.17) is 14.2 Å². The molecule has 6 nitrogen and oxygen atoms in total. The maximum absolute atomic E-state index is 12.9. The van der Waals surface area contributed by atoms with Gasteiger partial charge in [0.25, 0.3) is 0 Å². The summed E-state index contributed by atoms with van der Waals surface area (Å²) < 4.78 is 16.9. The summed E-state index contributed by atoms with van der Waals surface area (Å²) in [5.74, 6) is -0.888. The fourth-order valence-electron chi connectivity index (χ4n) is 9.98. The summed E-state index contributed by atoms with van der Waals surface area (Å²) in [4.78, 5) is 38.3. The largest absolute Gasteiger partial charge is 0.462 e. The zero-order valence-corrected chi connectivity index (χ0v) is 51.0. The molecule has 0 bridgehead atoms. The van der Waals surface area contributed by atoms with Gasteiger partial charge in [0.15, 0.2) is 6.10 Å². The van der Waals surface area contributed by atoms with Crippen LogP contribution in [-0.2, 0) is 28.6 Å². The van der Waals surface area contributed by atoms with Crippen molar-refractivity contribution in [1.82, 2.24) is 0 Å². The Hall–Kier alpha value is -2.63. The average Bonchev–Trinajstić information content (AvgIpc) is 3.42. The van der Waals surface area contributed by atoms with E-state index in [0.29, 0.717) is 19.3 Å². The zero-order valence-electron chi connectivity index (χ0n) is 51.0. The van der Waals surface area contributed by atoms with E-state index in [1.807, 2.05) is 0 Å². The van der Waals surface area contributed by atoms with E-state index in [2.05, 4.69) is 69.4 Å². The molecule has 0 amide bonds. The molecule has 0 radical (unpaired) electrons. The fourth-order valence-corrected chi connectivity index (χ4v) is 9.98. The van der Waals surface area contributed by atoms with E-state index in [-0.39, 0.29) is 31.1 Å². The van der Waals surface area contributed by atoms with Crippen LogP contribution in [-0.4, -0.2) is 37.2 Å². The summed E-state index contributed by atoms with van der Waals surface area (Å²) in [6.07, 6.45) is 81.4. The van der Waals surface area contributed by atoms with Crippen LogP contribution in [0, 0.1) is 0 Å². The van der Waals surface area contributed by atoms with Crippen molar-refractivity contribution in [2.24, 2.45) is 0 Å². The standard InChI is InChI=1S/C70H128O6/c1-4-7-10-13-16-19-22-25-28-29-30-31-32-33-34-35-36-37-38-39-40-43-45-48-51-54-57-60-63-69(72)75-66-67(76-70(73)64-61-58-55-52-49-46-42-27-24-21-18-15-12-9-6-3)65-74-68(71)62-59-56-53-50-47-44-41-26-23-20-17-14-11-8-5-2/h17-18,20-21,26-27,41-42,67H,4-16,19,22-25,28-40,43-66H2,1-3H3/b20-17-,21-18-,41-26-,42-27-. The van der Waals surface area contributed by atoms with Crippen LogP contribution in [0.15, 0.2) is 48.6 Å². The summed E-state index contributed by atoms with van der Waals surface area (Å²) >= 11 is 0. The lowest BCUT2D eigenvalue weighted by molar-refractivity contribution is -0.167. The van der Waals surface area contributed by atoms with Gasteiger partial charge < -0.3 is 14.2 Å². The van der Waals surface area contributed by atoms with Crippen LogP contribution in [0.2, 0.25) is 0 Å². The molecule has 0 N–H and O–H groups in total. The number of hydrogen-bond donors (Lipinski definition) is 0. The third-order valence-electron chi connectivity index (χ3n) is 15.1. The molecule has 0 heterocycles. The Morgan fingerprint density at radius 3 is 0.750 bits per heavy atom. The lowest BCUT2D eigenvalue weighted by Gasteiger charge is -2.18. The highest BCUT2D eigenvalue weighted by molar-refractivity contribution is 5.71. The number of carbonyl (C=O) groups excluding carboxylic acids is 3. The first kappa shape index (κ1) is 73.4. The maximum atomic E-state index is 12.9. The first-order chi connectivity index (χ1) is 37.5. The molecule has 1 atom stereocenters. The van der Waals surface area contributed by atoms with Crippen molar-refractivity contribution in [3.05, 3.63) is 48.6 Å². The van der Waals surface area contributed by atoms with E-state index in [9.17, 15) is 14.4 Å². The smallest absolute Gasteiger partial charge is 0.306 e. The summed E-state index contributed by atoms with van der Waals surface area (Å²) in [5, 5.41) is 0.